The van der Waals surface area contributed by atoms with Crippen LogP contribution in [0.2, 0.25) is 5.02 Å². The molecular weight excluding hydrogens is 396 g/mol. The minimum absolute atomic E-state index is 0.247. The monoisotopic (exact) mass is 405 g/mol. The fraction of sp³-hybridized carbons (Fsp3) is 0.143. The van der Waals surface area contributed by atoms with Crippen molar-refractivity contribution < 1.29 is 4.39 Å². The molecule has 2 aromatic carbocycles. The molecule has 0 radical (unpaired) electrons. The molecule has 0 bridgehead atoms. The first-order chi connectivity index (χ1) is 9.02. The molecule has 1 unspecified atom stereocenters. The quantitative estimate of drug-likeness (QED) is 0.727. The molecule has 5 heteroatoms. The molecule has 1 atom stereocenters. The highest BCUT2D eigenvalue weighted by Crippen LogP contribution is 2.31. The zero-order chi connectivity index (χ0) is 14.0. The van der Waals surface area contributed by atoms with Crippen LogP contribution in [-0.4, -0.2) is 7.05 Å². The molecule has 2 aromatic rings. The van der Waals surface area contributed by atoms with Crippen LogP contribution in [0.5, 0.6) is 0 Å². The third-order valence-corrected chi connectivity index (χ3v) is 4.56. The van der Waals surface area contributed by atoms with Crippen LogP contribution in [0.1, 0.15) is 17.2 Å². The Balaban J connectivity index is 2.49. The normalized spacial score (nSPS) is 12.5. The van der Waals surface area contributed by atoms with Crippen molar-refractivity contribution in [2.75, 3.05) is 7.05 Å². The SMILES string of the molecule is CNC(c1ccc(Br)c(Cl)c1)c1cc(Br)ccc1F. The van der Waals surface area contributed by atoms with Crippen LogP contribution in [0.25, 0.3) is 0 Å². The topological polar surface area (TPSA) is 12.0 Å². The summed E-state index contributed by atoms with van der Waals surface area (Å²) in [5, 5.41) is 3.72. The van der Waals surface area contributed by atoms with Gasteiger partial charge in [-0.3, -0.25) is 0 Å². The molecule has 19 heavy (non-hydrogen) atoms. The number of benzene rings is 2. The Hall–Kier alpha value is -0.420. The standard InChI is InChI=1S/C14H11Br2ClFN/c1-19-14(8-2-4-11(16)12(17)6-8)10-7-9(15)3-5-13(10)18/h2-7,14,19H,1H3. The summed E-state index contributed by atoms with van der Waals surface area (Å²) in [5.74, 6) is -0.249. The largest absolute Gasteiger partial charge is 0.309 e. The van der Waals surface area contributed by atoms with E-state index in [0.29, 0.717) is 10.6 Å². The van der Waals surface area contributed by atoms with Gasteiger partial charge < -0.3 is 5.32 Å². The van der Waals surface area contributed by atoms with Gasteiger partial charge in [-0.2, -0.15) is 0 Å². The maximum Gasteiger partial charge on any atom is 0.128 e. The van der Waals surface area contributed by atoms with E-state index in [1.807, 2.05) is 18.2 Å². The van der Waals surface area contributed by atoms with E-state index in [4.69, 9.17) is 11.6 Å². The first-order valence-corrected chi connectivity index (χ1v) is 7.56. The Morgan fingerprint density at radius 2 is 1.89 bits per heavy atom. The molecule has 0 saturated carbocycles. The smallest absolute Gasteiger partial charge is 0.128 e. The Kier molecular flexibility index (Phi) is 5.01. The Bertz CT molecular complexity index is 604. The van der Waals surface area contributed by atoms with E-state index in [1.165, 1.54) is 6.07 Å². The van der Waals surface area contributed by atoms with Crippen LogP contribution in [0, 0.1) is 5.82 Å². The maximum atomic E-state index is 14.0. The molecule has 0 aliphatic carbocycles. The van der Waals surface area contributed by atoms with Gasteiger partial charge in [0.1, 0.15) is 5.82 Å². The van der Waals surface area contributed by atoms with Crippen LogP contribution in [0.15, 0.2) is 45.3 Å². The van der Waals surface area contributed by atoms with E-state index in [9.17, 15) is 4.39 Å². The Labute approximate surface area is 133 Å². The summed E-state index contributed by atoms with van der Waals surface area (Å²) < 4.78 is 15.6. The van der Waals surface area contributed by atoms with E-state index in [-0.39, 0.29) is 11.9 Å². The van der Waals surface area contributed by atoms with Crippen molar-refractivity contribution in [3.05, 3.63) is 67.3 Å². The van der Waals surface area contributed by atoms with Crippen molar-refractivity contribution in [1.82, 2.24) is 5.32 Å². The first kappa shape index (κ1) is 15.0. The molecule has 0 saturated heterocycles. The first-order valence-electron chi connectivity index (χ1n) is 5.60. The average Bonchev–Trinajstić information content (AvgIpc) is 2.38. The van der Waals surface area contributed by atoms with Gasteiger partial charge in [0.25, 0.3) is 0 Å². The second kappa shape index (κ2) is 6.35. The summed E-state index contributed by atoms with van der Waals surface area (Å²) in [5.41, 5.74) is 1.49. The number of halogens is 4. The van der Waals surface area contributed by atoms with E-state index in [2.05, 4.69) is 37.2 Å². The van der Waals surface area contributed by atoms with Crippen molar-refractivity contribution in [2.45, 2.75) is 6.04 Å². The zero-order valence-corrected chi connectivity index (χ0v) is 14.0. The van der Waals surface area contributed by atoms with Crippen LogP contribution in [-0.2, 0) is 0 Å². The van der Waals surface area contributed by atoms with E-state index >= 15 is 0 Å². The summed E-state index contributed by atoms with van der Waals surface area (Å²) in [7, 11) is 1.79. The third kappa shape index (κ3) is 3.37. The molecule has 0 fully saturated rings. The Morgan fingerprint density at radius 3 is 2.53 bits per heavy atom. The third-order valence-electron chi connectivity index (χ3n) is 2.83. The number of hydrogen-bond acceptors (Lipinski definition) is 1. The molecule has 0 aliphatic rings. The molecule has 0 aromatic heterocycles. The van der Waals surface area contributed by atoms with E-state index in [1.54, 1.807) is 19.2 Å². The molecule has 100 valence electrons. The summed E-state index contributed by atoms with van der Waals surface area (Å²) >= 11 is 12.8. The lowest BCUT2D eigenvalue weighted by atomic mass is 9.98. The fourth-order valence-electron chi connectivity index (χ4n) is 1.93. The van der Waals surface area contributed by atoms with Crippen LogP contribution in [0.3, 0.4) is 0 Å². The van der Waals surface area contributed by atoms with Gasteiger partial charge in [0.05, 0.1) is 11.1 Å². The van der Waals surface area contributed by atoms with Crippen molar-refractivity contribution >= 4 is 43.5 Å². The minimum Gasteiger partial charge on any atom is -0.309 e. The molecule has 0 aliphatic heterocycles. The van der Waals surface area contributed by atoms with Gasteiger partial charge in [0, 0.05) is 14.5 Å². The molecule has 1 nitrogen and oxygen atoms in total. The predicted octanol–water partition coefficient (Wildman–Crippen LogP) is 5.31. The number of hydrogen-bond donors (Lipinski definition) is 1. The molecule has 2 rings (SSSR count). The Morgan fingerprint density at radius 1 is 1.16 bits per heavy atom. The molecule has 0 spiro atoms. The van der Waals surface area contributed by atoms with Crippen LogP contribution >= 0.6 is 43.5 Å². The summed E-state index contributed by atoms with van der Waals surface area (Å²) in [6, 6.07) is 10.3. The van der Waals surface area contributed by atoms with Crippen LogP contribution in [0.4, 0.5) is 4.39 Å². The lowest BCUT2D eigenvalue weighted by Crippen LogP contribution is -2.19. The highest BCUT2D eigenvalue weighted by molar-refractivity contribution is 9.10. The maximum absolute atomic E-state index is 14.0. The molecule has 0 heterocycles. The number of rotatable bonds is 3. The van der Waals surface area contributed by atoms with Gasteiger partial charge in [0.2, 0.25) is 0 Å². The van der Waals surface area contributed by atoms with Crippen molar-refractivity contribution in [2.24, 2.45) is 0 Å². The van der Waals surface area contributed by atoms with E-state index < -0.39 is 0 Å². The highest BCUT2D eigenvalue weighted by atomic mass is 79.9. The summed E-state index contributed by atoms with van der Waals surface area (Å²) in [6.07, 6.45) is 0. The van der Waals surface area contributed by atoms with Gasteiger partial charge in [-0.15, -0.1) is 0 Å². The summed E-state index contributed by atoms with van der Waals surface area (Å²) in [6.45, 7) is 0. The van der Waals surface area contributed by atoms with Gasteiger partial charge in [-0.05, 0) is 58.9 Å². The van der Waals surface area contributed by atoms with Gasteiger partial charge in [-0.1, -0.05) is 33.6 Å². The van der Waals surface area contributed by atoms with E-state index in [0.717, 1.165) is 14.5 Å². The molecule has 1 N–H and O–H groups in total. The fourth-order valence-corrected chi connectivity index (χ4v) is 2.74. The average molecular weight is 408 g/mol. The van der Waals surface area contributed by atoms with Crippen molar-refractivity contribution in [3.63, 3.8) is 0 Å². The highest BCUT2D eigenvalue weighted by Gasteiger charge is 2.17. The predicted molar refractivity (Wildman–Crippen MR) is 84.2 cm³/mol. The van der Waals surface area contributed by atoms with Crippen molar-refractivity contribution in [1.29, 1.82) is 0 Å². The van der Waals surface area contributed by atoms with Crippen LogP contribution < -0.4 is 5.32 Å². The number of nitrogens with one attached hydrogen (secondary N) is 1. The molecule has 0 amide bonds. The van der Waals surface area contributed by atoms with Gasteiger partial charge in [0.15, 0.2) is 0 Å². The summed E-state index contributed by atoms with van der Waals surface area (Å²) in [4.78, 5) is 0. The zero-order valence-electron chi connectivity index (χ0n) is 10.1. The van der Waals surface area contributed by atoms with Crippen molar-refractivity contribution in [3.8, 4) is 0 Å². The second-order valence-corrected chi connectivity index (χ2v) is 6.24. The lowest BCUT2D eigenvalue weighted by Gasteiger charge is -2.19. The van der Waals surface area contributed by atoms with Gasteiger partial charge >= 0.3 is 0 Å². The minimum atomic E-state index is -0.249. The molecular formula is C14H11Br2ClFN. The second-order valence-electron chi connectivity index (χ2n) is 4.06. The van der Waals surface area contributed by atoms with Gasteiger partial charge in [-0.25, -0.2) is 4.39 Å². The lowest BCUT2D eigenvalue weighted by molar-refractivity contribution is 0.575.